The highest BCUT2D eigenvalue weighted by molar-refractivity contribution is 6.17. The predicted molar refractivity (Wildman–Crippen MR) is 114 cm³/mol. The minimum absolute atomic E-state index is 0.211. The van der Waals surface area contributed by atoms with Crippen LogP contribution in [0.2, 0.25) is 0 Å². The van der Waals surface area contributed by atoms with Gasteiger partial charge in [-0.3, -0.25) is 9.59 Å². The lowest BCUT2D eigenvalue weighted by molar-refractivity contribution is 0.101. The van der Waals surface area contributed by atoms with Crippen molar-refractivity contribution in [1.82, 2.24) is 0 Å². The van der Waals surface area contributed by atoms with Gasteiger partial charge in [-0.25, -0.2) is 0 Å². The lowest BCUT2D eigenvalue weighted by Gasteiger charge is -2.09. The molecule has 0 fully saturated rings. The molecular weight excluding hydrogens is 395 g/mol. The number of carbonyl (C=O) groups is 2. The molecule has 2 amide bonds. The van der Waals surface area contributed by atoms with Gasteiger partial charge in [-0.15, -0.1) is 23.2 Å². The van der Waals surface area contributed by atoms with E-state index in [0.29, 0.717) is 34.3 Å². The van der Waals surface area contributed by atoms with Gasteiger partial charge in [0, 0.05) is 34.3 Å². The van der Waals surface area contributed by atoms with Crippen molar-refractivity contribution in [3.63, 3.8) is 0 Å². The van der Waals surface area contributed by atoms with Crippen molar-refractivity contribution in [3.8, 4) is 0 Å². The first kappa shape index (κ1) is 19.9. The van der Waals surface area contributed by atoms with E-state index in [2.05, 4.69) is 10.6 Å². The minimum Gasteiger partial charge on any atom is -0.322 e. The number of hydrogen-bond acceptors (Lipinski definition) is 2. The molecule has 2 N–H and O–H groups in total. The zero-order chi connectivity index (χ0) is 19.9. The Morgan fingerprint density at radius 3 is 1.18 bits per heavy atom. The van der Waals surface area contributed by atoms with Gasteiger partial charge in [-0.2, -0.15) is 0 Å². The predicted octanol–water partition coefficient (Wildman–Crippen LogP) is 5.67. The Kier molecular flexibility index (Phi) is 6.69. The maximum absolute atomic E-state index is 12.3. The Morgan fingerprint density at radius 2 is 0.893 bits per heavy atom. The van der Waals surface area contributed by atoms with Crippen LogP contribution in [0.3, 0.4) is 0 Å². The summed E-state index contributed by atoms with van der Waals surface area (Å²) in [7, 11) is 0. The van der Waals surface area contributed by atoms with Crippen LogP contribution in [0.25, 0.3) is 0 Å². The van der Waals surface area contributed by atoms with E-state index in [9.17, 15) is 9.59 Å². The van der Waals surface area contributed by atoms with Crippen molar-refractivity contribution in [1.29, 1.82) is 0 Å². The maximum Gasteiger partial charge on any atom is 0.255 e. The molecule has 142 valence electrons. The molecule has 0 aliphatic carbocycles. The van der Waals surface area contributed by atoms with Crippen molar-refractivity contribution in [2.24, 2.45) is 0 Å². The van der Waals surface area contributed by atoms with Crippen LogP contribution >= 0.6 is 23.2 Å². The molecule has 0 saturated heterocycles. The normalized spacial score (nSPS) is 10.4. The lowest BCUT2D eigenvalue weighted by atomic mass is 10.1. The van der Waals surface area contributed by atoms with E-state index < -0.39 is 0 Å². The summed E-state index contributed by atoms with van der Waals surface area (Å²) in [6.45, 7) is 0. The number of benzene rings is 3. The molecular formula is C22H18Cl2N2O2. The molecule has 3 aromatic rings. The fourth-order valence-electron chi connectivity index (χ4n) is 2.53. The molecule has 3 aromatic carbocycles. The number of amides is 2. The Morgan fingerprint density at radius 1 is 0.571 bits per heavy atom. The van der Waals surface area contributed by atoms with Crippen LogP contribution in [-0.2, 0) is 11.8 Å². The summed E-state index contributed by atoms with van der Waals surface area (Å²) in [6, 6.07) is 21.1. The third kappa shape index (κ3) is 5.12. The van der Waals surface area contributed by atoms with Crippen LogP contribution in [0.1, 0.15) is 31.8 Å². The summed E-state index contributed by atoms with van der Waals surface area (Å²) < 4.78 is 0. The summed E-state index contributed by atoms with van der Waals surface area (Å²) in [5.41, 5.74) is 4.27. The molecule has 0 saturated carbocycles. The Bertz CT molecular complexity index is 873. The number of hydrogen-bond donors (Lipinski definition) is 2. The summed E-state index contributed by atoms with van der Waals surface area (Å²) in [6.07, 6.45) is 0. The van der Waals surface area contributed by atoms with Gasteiger partial charge in [-0.05, 0) is 59.7 Å². The first-order valence-electron chi connectivity index (χ1n) is 8.61. The van der Waals surface area contributed by atoms with E-state index in [1.54, 1.807) is 48.5 Å². The van der Waals surface area contributed by atoms with Gasteiger partial charge in [0.05, 0.1) is 0 Å². The van der Waals surface area contributed by atoms with Gasteiger partial charge in [-0.1, -0.05) is 24.3 Å². The zero-order valence-corrected chi connectivity index (χ0v) is 16.4. The molecule has 28 heavy (non-hydrogen) atoms. The lowest BCUT2D eigenvalue weighted by Crippen LogP contribution is -2.13. The highest BCUT2D eigenvalue weighted by Gasteiger charge is 2.08. The Labute approximate surface area is 173 Å². The Hall–Kier alpha value is -2.82. The van der Waals surface area contributed by atoms with Gasteiger partial charge in [0.25, 0.3) is 11.8 Å². The number of anilines is 2. The van der Waals surface area contributed by atoms with E-state index in [1.165, 1.54) is 0 Å². The summed E-state index contributed by atoms with van der Waals surface area (Å²) in [4.78, 5) is 24.6. The second kappa shape index (κ2) is 9.40. The molecule has 0 aromatic heterocycles. The van der Waals surface area contributed by atoms with E-state index in [-0.39, 0.29) is 11.8 Å². The molecule has 0 unspecified atom stereocenters. The van der Waals surface area contributed by atoms with Crippen LogP contribution in [0.5, 0.6) is 0 Å². The van der Waals surface area contributed by atoms with Crippen molar-refractivity contribution in [2.75, 3.05) is 10.6 Å². The standard InChI is InChI=1S/C22H18Cl2N2O2/c23-13-15-1-5-17(6-2-15)21(27)25-19-9-11-20(12-10-19)26-22(28)18-7-3-16(14-24)4-8-18/h1-12H,13-14H2,(H,25,27)(H,26,28). The molecule has 0 heterocycles. The molecule has 0 spiro atoms. The van der Waals surface area contributed by atoms with E-state index in [4.69, 9.17) is 23.2 Å². The molecule has 0 atom stereocenters. The highest BCUT2D eigenvalue weighted by Crippen LogP contribution is 2.17. The van der Waals surface area contributed by atoms with Crippen LogP contribution in [0.15, 0.2) is 72.8 Å². The first-order valence-corrected chi connectivity index (χ1v) is 9.68. The monoisotopic (exact) mass is 412 g/mol. The SMILES string of the molecule is O=C(Nc1ccc(NC(=O)c2ccc(CCl)cc2)cc1)c1ccc(CCl)cc1. The summed E-state index contributed by atoms with van der Waals surface area (Å²) in [5.74, 6) is 0.396. The van der Waals surface area contributed by atoms with Crippen molar-refractivity contribution < 1.29 is 9.59 Å². The number of rotatable bonds is 6. The number of alkyl halides is 2. The van der Waals surface area contributed by atoms with Crippen molar-refractivity contribution in [3.05, 3.63) is 95.1 Å². The average molecular weight is 413 g/mol. The third-order valence-corrected chi connectivity index (χ3v) is 4.76. The molecule has 0 aliphatic rings. The zero-order valence-electron chi connectivity index (χ0n) is 14.9. The average Bonchev–Trinajstić information content (AvgIpc) is 2.75. The van der Waals surface area contributed by atoms with E-state index in [0.717, 1.165) is 11.1 Å². The minimum atomic E-state index is -0.211. The first-order chi connectivity index (χ1) is 13.6. The fourth-order valence-corrected chi connectivity index (χ4v) is 2.89. The fraction of sp³-hybridized carbons (Fsp3) is 0.0909. The van der Waals surface area contributed by atoms with Crippen molar-refractivity contribution in [2.45, 2.75) is 11.8 Å². The molecule has 3 rings (SSSR count). The molecule has 0 bridgehead atoms. The van der Waals surface area contributed by atoms with Crippen molar-refractivity contribution >= 4 is 46.4 Å². The number of halogens is 2. The maximum atomic E-state index is 12.3. The molecule has 4 nitrogen and oxygen atoms in total. The second-order valence-corrected chi connectivity index (χ2v) is 6.68. The molecule has 6 heteroatoms. The van der Waals surface area contributed by atoms with Gasteiger partial charge >= 0.3 is 0 Å². The van der Waals surface area contributed by atoms with Gasteiger partial charge in [0.2, 0.25) is 0 Å². The van der Waals surface area contributed by atoms with E-state index >= 15 is 0 Å². The van der Waals surface area contributed by atoms with Gasteiger partial charge in [0.15, 0.2) is 0 Å². The topological polar surface area (TPSA) is 58.2 Å². The van der Waals surface area contributed by atoms with Crippen LogP contribution in [-0.4, -0.2) is 11.8 Å². The summed E-state index contributed by atoms with van der Waals surface area (Å²) in [5, 5.41) is 5.65. The number of nitrogens with one attached hydrogen (secondary N) is 2. The Balaban J connectivity index is 1.60. The quantitative estimate of drug-likeness (QED) is 0.512. The van der Waals surface area contributed by atoms with Crippen LogP contribution in [0, 0.1) is 0 Å². The number of carbonyl (C=O) groups excluding carboxylic acids is 2. The second-order valence-electron chi connectivity index (χ2n) is 6.15. The largest absolute Gasteiger partial charge is 0.322 e. The smallest absolute Gasteiger partial charge is 0.255 e. The summed E-state index contributed by atoms with van der Waals surface area (Å²) >= 11 is 11.5. The van der Waals surface area contributed by atoms with Crippen LogP contribution in [0.4, 0.5) is 11.4 Å². The van der Waals surface area contributed by atoms with E-state index in [1.807, 2.05) is 24.3 Å². The highest BCUT2D eigenvalue weighted by atomic mass is 35.5. The molecule has 0 radical (unpaired) electrons. The van der Waals surface area contributed by atoms with Crippen LogP contribution < -0.4 is 10.6 Å². The third-order valence-electron chi connectivity index (χ3n) is 4.14. The van der Waals surface area contributed by atoms with Gasteiger partial charge < -0.3 is 10.6 Å². The van der Waals surface area contributed by atoms with Gasteiger partial charge in [0.1, 0.15) is 0 Å². The molecule has 0 aliphatic heterocycles.